The highest BCUT2D eigenvalue weighted by atomic mass is 32.2. The van der Waals surface area contributed by atoms with Crippen LogP contribution < -0.4 is 5.69 Å². The van der Waals surface area contributed by atoms with E-state index in [1.54, 1.807) is 18.8 Å². The fraction of sp³-hybridized carbons (Fsp3) is 0.800. The monoisotopic (exact) mass is 275 g/mol. The Morgan fingerprint density at radius 3 is 2.82 bits per heavy atom. The zero-order chi connectivity index (χ0) is 12.3. The SMILES string of the molecule is Cn1c(SCC2(CS)CCOCC2)n[nH]c1=O. The molecule has 0 amide bonds. The number of nitrogens with zero attached hydrogens (tertiary/aromatic N) is 2. The summed E-state index contributed by atoms with van der Waals surface area (Å²) < 4.78 is 6.92. The van der Waals surface area contributed by atoms with Crippen LogP contribution in [0.4, 0.5) is 0 Å². The zero-order valence-corrected chi connectivity index (χ0v) is 11.5. The standard InChI is InChI=1S/C10H17N3O2S2/c1-13-8(14)11-12-9(13)17-7-10(6-16)2-4-15-5-3-10/h16H,2-7H2,1H3,(H,11,14). The average Bonchev–Trinajstić information content (AvgIpc) is 2.69. The van der Waals surface area contributed by atoms with Crippen LogP contribution in [0.3, 0.4) is 0 Å². The first-order valence-electron chi connectivity index (χ1n) is 5.60. The van der Waals surface area contributed by atoms with Gasteiger partial charge in [0.25, 0.3) is 0 Å². The molecular weight excluding hydrogens is 258 g/mol. The third-order valence-electron chi connectivity index (χ3n) is 3.24. The molecular formula is C10H17N3O2S2. The minimum absolute atomic E-state index is 0.167. The maximum Gasteiger partial charge on any atom is 0.343 e. The highest BCUT2D eigenvalue weighted by molar-refractivity contribution is 7.99. The molecule has 7 heteroatoms. The zero-order valence-electron chi connectivity index (χ0n) is 9.81. The minimum atomic E-state index is -0.167. The van der Waals surface area contributed by atoms with Crippen LogP contribution in [0.1, 0.15) is 12.8 Å². The van der Waals surface area contributed by atoms with Crippen LogP contribution in [-0.4, -0.2) is 39.5 Å². The molecule has 17 heavy (non-hydrogen) atoms. The molecule has 0 unspecified atom stereocenters. The van der Waals surface area contributed by atoms with Gasteiger partial charge in [0.05, 0.1) is 0 Å². The number of ether oxygens (including phenoxy) is 1. The van der Waals surface area contributed by atoms with Gasteiger partial charge in [-0.15, -0.1) is 5.10 Å². The minimum Gasteiger partial charge on any atom is -0.381 e. The molecule has 2 rings (SSSR count). The summed E-state index contributed by atoms with van der Waals surface area (Å²) in [4.78, 5) is 11.2. The molecule has 0 aliphatic carbocycles. The largest absolute Gasteiger partial charge is 0.381 e. The van der Waals surface area contributed by atoms with E-state index in [1.807, 2.05) is 0 Å². The predicted octanol–water partition coefficient (Wildman–Crippen LogP) is 0.927. The molecule has 0 aromatic carbocycles. The predicted molar refractivity (Wildman–Crippen MR) is 70.9 cm³/mol. The normalized spacial score (nSPS) is 19.4. The molecule has 1 aliphatic heterocycles. The van der Waals surface area contributed by atoms with Crippen LogP contribution >= 0.6 is 24.4 Å². The molecule has 96 valence electrons. The molecule has 1 saturated heterocycles. The number of hydrogen-bond acceptors (Lipinski definition) is 5. The van der Waals surface area contributed by atoms with E-state index in [-0.39, 0.29) is 11.1 Å². The van der Waals surface area contributed by atoms with E-state index < -0.39 is 0 Å². The third kappa shape index (κ3) is 2.89. The van der Waals surface area contributed by atoms with Crippen LogP contribution in [0.2, 0.25) is 0 Å². The number of H-pyrrole nitrogens is 1. The van der Waals surface area contributed by atoms with Gasteiger partial charge in [-0.2, -0.15) is 12.6 Å². The Balaban J connectivity index is 2.00. The lowest BCUT2D eigenvalue weighted by atomic mass is 9.84. The lowest BCUT2D eigenvalue weighted by Gasteiger charge is -2.35. The summed E-state index contributed by atoms with van der Waals surface area (Å²) in [6.07, 6.45) is 2.06. The van der Waals surface area contributed by atoms with Crippen molar-refractivity contribution in [3.8, 4) is 0 Å². The summed E-state index contributed by atoms with van der Waals surface area (Å²) in [5.74, 6) is 1.78. The van der Waals surface area contributed by atoms with Crippen molar-refractivity contribution >= 4 is 24.4 Å². The van der Waals surface area contributed by atoms with Gasteiger partial charge in [-0.1, -0.05) is 11.8 Å². The van der Waals surface area contributed by atoms with Crippen LogP contribution in [-0.2, 0) is 11.8 Å². The van der Waals surface area contributed by atoms with Crippen molar-refractivity contribution in [1.82, 2.24) is 14.8 Å². The smallest absolute Gasteiger partial charge is 0.343 e. The summed E-state index contributed by atoms with van der Waals surface area (Å²) in [6.45, 7) is 1.61. The maximum absolute atomic E-state index is 11.2. The Bertz CT molecular complexity index is 423. The van der Waals surface area contributed by atoms with Crippen molar-refractivity contribution in [1.29, 1.82) is 0 Å². The Hall–Kier alpha value is -0.400. The second-order valence-electron chi connectivity index (χ2n) is 4.43. The Labute approximate surface area is 110 Å². The molecule has 1 N–H and O–H groups in total. The molecule has 1 fully saturated rings. The second-order valence-corrected chi connectivity index (χ2v) is 5.69. The second kappa shape index (κ2) is 5.49. The lowest BCUT2D eigenvalue weighted by molar-refractivity contribution is 0.0370. The van der Waals surface area contributed by atoms with Crippen LogP contribution in [0, 0.1) is 5.41 Å². The molecule has 0 atom stereocenters. The van der Waals surface area contributed by atoms with Gasteiger partial charge in [0.15, 0.2) is 5.16 Å². The van der Waals surface area contributed by atoms with E-state index in [9.17, 15) is 4.79 Å². The number of thiol groups is 1. The van der Waals surface area contributed by atoms with Crippen molar-refractivity contribution in [3.63, 3.8) is 0 Å². The number of thioether (sulfide) groups is 1. The van der Waals surface area contributed by atoms with Crippen molar-refractivity contribution < 1.29 is 4.74 Å². The van der Waals surface area contributed by atoms with Crippen molar-refractivity contribution in [3.05, 3.63) is 10.5 Å². The van der Waals surface area contributed by atoms with Crippen LogP contribution in [0.15, 0.2) is 9.95 Å². The first-order valence-corrected chi connectivity index (χ1v) is 7.21. The van der Waals surface area contributed by atoms with Gasteiger partial charge in [-0.3, -0.25) is 4.57 Å². The van der Waals surface area contributed by atoms with Crippen molar-refractivity contribution in [2.45, 2.75) is 18.0 Å². The molecule has 1 aromatic heterocycles. The van der Waals surface area contributed by atoms with E-state index in [2.05, 4.69) is 22.8 Å². The summed E-state index contributed by atoms with van der Waals surface area (Å²) >= 11 is 6.08. The van der Waals surface area contributed by atoms with Crippen LogP contribution in [0.25, 0.3) is 0 Å². The average molecular weight is 275 g/mol. The number of aromatic amines is 1. The first kappa shape index (κ1) is 13.0. The quantitative estimate of drug-likeness (QED) is 0.634. The van der Waals surface area contributed by atoms with Gasteiger partial charge in [0.1, 0.15) is 0 Å². The summed E-state index contributed by atoms with van der Waals surface area (Å²) in [5, 5.41) is 7.18. The fourth-order valence-electron chi connectivity index (χ4n) is 1.83. The van der Waals surface area contributed by atoms with Gasteiger partial charge in [0.2, 0.25) is 0 Å². The molecule has 0 bridgehead atoms. The van der Waals surface area contributed by atoms with E-state index in [0.717, 1.165) is 42.7 Å². The highest BCUT2D eigenvalue weighted by Gasteiger charge is 2.31. The number of nitrogens with one attached hydrogen (secondary N) is 1. The Morgan fingerprint density at radius 1 is 1.59 bits per heavy atom. The lowest BCUT2D eigenvalue weighted by Crippen LogP contribution is -2.33. The first-order chi connectivity index (χ1) is 8.17. The van der Waals surface area contributed by atoms with Gasteiger partial charge < -0.3 is 4.74 Å². The Morgan fingerprint density at radius 2 is 2.29 bits per heavy atom. The molecule has 2 heterocycles. The van der Waals surface area contributed by atoms with Gasteiger partial charge in [-0.25, -0.2) is 9.89 Å². The van der Waals surface area contributed by atoms with Gasteiger partial charge >= 0.3 is 5.69 Å². The molecule has 1 aromatic rings. The topological polar surface area (TPSA) is 59.9 Å². The molecule has 1 aliphatic rings. The van der Waals surface area contributed by atoms with Crippen molar-refractivity contribution in [2.75, 3.05) is 24.7 Å². The molecule has 0 saturated carbocycles. The molecule has 0 spiro atoms. The number of rotatable bonds is 4. The number of hydrogen-bond donors (Lipinski definition) is 2. The van der Waals surface area contributed by atoms with Crippen molar-refractivity contribution in [2.24, 2.45) is 12.5 Å². The Kier molecular flexibility index (Phi) is 4.22. The molecule has 5 nitrogen and oxygen atoms in total. The third-order valence-corrected chi connectivity index (χ3v) is 5.29. The van der Waals surface area contributed by atoms with Gasteiger partial charge in [-0.05, 0) is 24.0 Å². The summed E-state index contributed by atoms with van der Waals surface area (Å²) in [6, 6.07) is 0. The number of aromatic nitrogens is 3. The van der Waals surface area contributed by atoms with E-state index >= 15 is 0 Å². The summed E-state index contributed by atoms with van der Waals surface area (Å²) in [7, 11) is 1.73. The molecule has 0 radical (unpaired) electrons. The highest BCUT2D eigenvalue weighted by Crippen LogP contribution is 2.36. The van der Waals surface area contributed by atoms with Gasteiger partial charge in [0, 0.05) is 26.0 Å². The van der Waals surface area contributed by atoms with E-state index in [1.165, 1.54) is 4.57 Å². The summed E-state index contributed by atoms with van der Waals surface area (Å²) in [5.41, 5.74) is 0.0421. The maximum atomic E-state index is 11.2. The fourth-order valence-corrected chi connectivity index (χ4v) is 3.62. The van der Waals surface area contributed by atoms with Crippen LogP contribution in [0.5, 0.6) is 0 Å². The van der Waals surface area contributed by atoms with E-state index in [0.29, 0.717) is 0 Å². The van der Waals surface area contributed by atoms with E-state index in [4.69, 9.17) is 4.74 Å².